The Morgan fingerprint density at radius 3 is 1.17 bits per heavy atom. The summed E-state index contributed by atoms with van der Waals surface area (Å²) in [6.07, 6.45) is 3.89. The number of hydrogen-bond acceptors (Lipinski definition) is 4. The minimum atomic E-state index is 1.02. The smallest absolute Gasteiger partial charge is 0.123 e. The minimum Gasteiger partial charge on any atom is -0.244 e. The lowest BCUT2D eigenvalue weighted by atomic mass is 10.1. The third-order valence-corrected chi connectivity index (χ3v) is 7.90. The maximum absolute atomic E-state index is 4.63. The second-order valence-corrected chi connectivity index (χ2v) is 10.5. The fourth-order valence-corrected chi connectivity index (χ4v) is 5.45. The second kappa shape index (κ2) is 8.55. The van der Waals surface area contributed by atoms with E-state index in [1.807, 2.05) is 12.4 Å². The summed E-state index contributed by atoms with van der Waals surface area (Å²) < 4.78 is 2.16. The minimum absolute atomic E-state index is 1.02. The summed E-state index contributed by atoms with van der Waals surface area (Å²) in [6, 6.07) is 25.2. The third kappa shape index (κ3) is 4.18. The van der Waals surface area contributed by atoms with Crippen LogP contribution in [-0.2, 0) is 0 Å². The van der Waals surface area contributed by atoms with Crippen LogP contribution in [0.3, 0.4) is 0 Å². The predicted molar refractivity (Wildman–Crippen MR) is 135 cm³/mol. The highest BCUT2D eigenvalue weighted by Crippen LogP contribution is 2.35. The molecule has 0 spiro atoms. The van der Waals surface area contributed by atoms with Crippen LogP contribution >= 0.6 is 54.5 Å². The van der Waals surface area contributed by atoms with Gasteiger partial charge in [-0.2, -0.15) is 0 Å². The first-order valence-corrected chi connectivity index (χ1v) is 12.4. The van der Waals surface area contributed by atoms with Crippen molar-refractivity contribution in [3.8, 4) is 42.0 Å². The molecule has 146 valence electrons. The monoisotopic (exact) mass is 552 g/mol. The van der Waals surface area contributed by atoms with Crippen LogP contribution in [-0.4, -0.2) is 9.97 Å². The van der Waals surface area contributed by atoms with Crippen LogP contribution in [0.25, 0.3) is 42.0 Å². The molecule has 30 heavy (non-hydrogen) atoms. The first-order chi connectivity index (χ1) is 14.7. The lowest BCUT2D eigenvalue weighted by Gasteiger charge is -2.00. The summed E-state index contributed by atoms with van der Waals surface area (Å²) >= 11 is 10.4. The van der Waals surface area contributed by atoms with E-state index in [2.05, 4.69) is 115 Å². The van der Waals surface area contributed by atoms with Crippen LogP contribution in [0, 0.1) is 0 Å². The van der Waals surface area contributed by atoms with E-state index in [1.54, 1.807) is 22.7 Å². The maximum Gasteiger partial charge on any atom is 0.123 e. The third-order valence-electron chi connectivity index (χ3n) is 4.65. The van der Waals surface area contributed by atoms with Crippen molar-refractivity contribution in [2.45, 2.75) is 0 Å². The molecule has 6 heteroatoms. The molecule has 0 atom stereocenters. The summed E-state index contributed by atoms with van der Waals surface area (Å²) in [4.78, 5) is 11.6. The lowest BCUT2D eigenvalue weighted by Crippen LogP contribution is -1.78. The largest absolute Gasteiger partial charge is 0.244 e. The van der Waals surface area contributed by atoms with E-state index < -0.39 is 0 Å². The van der Waals surface area contributed by atoms with E-state index in [4.69, 9.17) is 0 Å². The summed E-state index contributed by atoms with van der Waals surface area (Å²) in [7, 11) is 0. The number of rotatable bonds is 4. The van der Waals surface area contributed by atoms with Gasteiger partial charge in [-0.25, -0.2) is 9.97 Å². The van der Waals surface area contributed by atoms with Gasteiger partial charge in [-0.1, -0.05) is 80.4 Å². The van der Waals surface area contributed by atoms with Gasteiger partial charge in [0, 0.05) is 32.5 Å². The Hall–Kier alpha value is -2.12. The Bertz CT molecular complexity index is 1190. The van der Waals surface area contributed by atoms with Crippen LogP contribution in [0.4, 0.5) is 0 Å². The topological polar surface area (TPSA) is 25.8 Å². The Morgan fingerprint density at radius 1 is 0.467 bits per heavy atom. The highest BCUT2D eigenvalue weighted by Gasteiger charge is 2.10. The zero-order valence-electron chi connectivity index (χ0n) is 15.5. The Labute approximate surface area is 199 Å². The molecule has 0 bridgehead atoms. The van der Waals surface area contributed by atoms with Crippen molar-refractivity contribution in [2.75, 3.05) is 0 Å². The van der Waals surface area contributed by atoms with Gasteiger partial charge < -0.3 is 0 Å². The van der Waals surface area contributed by atoms with Gasteiger partial charge >= 0.3 is 0 Å². The molecule has 0 saturated heterocycles. The zero-order chi connectivity index (χ0) is 20.5. The molecule has 2 aromatic heterocycles. The molecule has 0 amide bonds. The van der Waals surface area contributed by atoms with Crippen LogP contribution < -0.4 is 0 Å². The van der Waals surface area contributed by atoms with Crippen molar-refractivity contribution in [3.05, 3.63) is 94.1 Å². The van der Waals surface area contributed by atoms with Crippen molar-refractivity contribution in [2.24, 2.45) is 0 Å². The number of nitrogens with zero attached hydrogens (tertiary/aromatic N) is 2. The van der Waals surface area contributed by atoms with E-state index in [0.717, 1.165) is 30.1 Å². The molecule has 0 radical (unpaired) electrons. The van der Waals surface area contributed by atoms with Gasteiger partial charge in [-0.3, -0.25) is 0 Å². The predicted octanol–water partition coefficient (Wildman–Crippen LogP) is 8.79. The molecule has 0 aliphatic heterocycles. The summed E-state index contributed by atoms with van der Waals surface area (Å²) in [5.41, 5.74) is 4.61. The van der Waals surface area contributed by atoms with Crippen molar-refractivity contribution in [1.82, 2.24) is 9.97 Å². The molecular formula is C24H14Br2N2S2. The van der Waals surface area contributed by atoms with Crippen LogP contribution in [0.15, 0.2) is 94.1 Å². The maximum atomic E-state index is 4.63. The molecule has 5 rings (SSSR count). The fourth-order valence-electron chi connectivity index (χ4n) is 3.07. The number of thiazole rings is 2. The van der Waals surface area contributed by atoms with E-state index in [1.165, 1.54) is 20.9 Å². The Morgan fingerprint density at radius 2 is 0.800 bits per heavy atom. The molecule has 0 fully saturated rings. The molecule has 0 aliphatic carbocycles. The molecule has 3 aromatic carbocycles. The van der Waals surface area contributed by atoms with Gasteiger partial charge in [0.1, 0.15) is 10.0 Å². The van der Waals surface area contributed by atoms with Gasteiger partial charge in [-0.05, 0) is 35.4 Å². The number of halogens is 2. The van der Waals surface area contributed by atoms with Crippen molar-refractivity contribution in [1.29, 1.82) is 0 Å². The summed E-state index contributed by atoms with van der Waals surface area (Å²) in [5.74, 6) is 0. The fraction of sp³-hybridized carbons (Fsp3) is 0. The quantitative estimate of drug-likeness (QED) is 0.222. The van der Waals surface area contributed by atoms with Gasteiger partial charge in [-0.15, -0.1) is 22.7 Å². The van der Waals surface area contributed by atoms with Crippen LogP contribution in [0.1, 0.15) is 0 Å². The average Bonchev–Trinajstić information content (AvgIpc) is 3.45. The van der Waals surface area contributed by atoms with E-state index >= 15 is 0 Å². The molecule has 0 saturated carbocycles. The van der Waals surface area contributed by atoms with Crippen LogP contribution in [0.2, 0.25) is 0 Å². The molecule has 0 N–H and O–H groups in total. The van der Waals surface area contributed by atoms with Gasteiger partial charge in [0.15, 0.2) is 0 Å². The lowest BCUT2D eigenvalue weighted by molar-refractivity contribution is 1.40. The number of benzene rings is 3. The SMILES string of the molecule is Brc1ccc(-c2cnc(-c3ccc(-c4ncc(-c5ccc(Br)cc5)s4)cc3)s2)cc1. The van der Waals surface area contributed by atoms with Crippen molar-refractivity contribution < 1.29 is 0 Å². The molecule has 0 unspecified atom stereocenters. The molecule has 2 nitrogen and oxygen atoms in total. The van der Waals surface area contributed by atoms with E-state index in [0.29, 0.717) is 0 Å². The first-order valence-electron chi connectivity index (χ1n) is 9.20. The zero-order valence-corrected chi connectivity index (χ0v) is 20.4. The molecular weight excluding hydrogens is 540 g/mol. The highest BCUT2D eigenvalue weighted by molar-refractivity contribution is 9.10. The Kier molecular flexibility index (Phi) is 5.65. The van der Waals surface area contributed by atoms with Crippen molar-refractivity contribution in [3.63, 3.8) is 0 Å². The second-order valence-electron chi connectivity index (χ2n) is 6.65. The van der Waals surface area contributed by atoms with Gasteiger partial charge in [0.2, 0.25) is 0 Å². The van der Waals surface area contributed by atoms with E-state index in [9.17, 15) is 0 Å². The van der Waals surface area contributed by atoms with Gasteiger partial charge in [0.25, 0.3) is 0 Å². The standard InChI is InChI=1S/C24H14Br2N2S2/c25-19-9-5-15(6-10-19)21-13-27-23(29-21)17-1-2-18(4-3-17)24-28-14-22(30-24)16-7-11-20(26)12-8-16/h1-14H. The molecule has 5 aromatic rings. The normalized spacial score (nSPS) is 11.0. The van der Waals surface area contributed by atoms with Crippen molar-refractivity contribution >= 4 is 54.5 Å². The molecule has 2 heterocycles. The molecule has 0 aliphatic rings. The Balaban J connectivity index is 1.37. The summed E-state index contributed by atoms with van der Waals surface area (Å²) in [5, 5.41) is 2.04. The summed E-state index contributed by atoms with van der Waals surface area (Å²) in [6.45, 7) is 0. The number of aromatic nitrogens is 2. The first kappa shape index (κ1) is 19.8. The van der Waals surface area contributed by atoms with Crippen LogP contribution in [0.5, 0.6) is 0 Å². The highest BCUT2D eigenvalue weighted by atomic mass is 79.9. The average molecular weight is 554 g/mol. The number of hydrogen-bond donors (Lipinski definition) is 0. The van der Waals surface area contributed by atoms with Gasteiger partial charge in [0.05, 0.1) is 9.75 Å². The van der Waals surface area contributed by atoms with E-state index in [-0.39, 0.29) is 0 Å².